The Kier molecular flexibility index (Phi) is 4.34. The number of benzene rings is 1. The Balaban J connectivity index is 1.58. The average Bonchev–Trinajstić information content (AvgIpc) is 2.80. The minimum atomic E-state index is -0.663. The van der Waals surface area contributed by atoms with Gasteiger partial charge in [-0.2, -0.15) is 4.99 Å². The highest BCUT2D eigenvalue weighted by Crippen LogP contribution is 2.50. The zero-order valence-electron chi connectivity index (χ0n) is 13.3. The minimum absolute atomic E-state index is 0.138. The van der Waals surface area contributed by atoms with Gasteiger partial charge in [0.05, 0.1) is 4.75 Å². The number of nitrogens with one attached hydrogen (secondary N) is 1. The van der Waals surface area contributed by atoms with E-state index in [1.165, 1.54) is 22.7 Å². The molecule has 1 aromatic carbocycles. The molecule has 8 heteroatoms. The highest BCUT2D eigenvalue weighted by Gasteiger charge is 2.62. The Hall–Kier alpha value is -2.31. The van der Waals surface area contributed by atoms with Crippen LogP contribution in [0.1, 0.15) is 19.4 Å². The van der Waals surface area contributed by atoms with E-state index >= 15 is 0 Å². The maximum Gasteiger partial charge on any atom is 0.408 e. The molecule has 2 aliphatic heterocycles. The average molecular weight is 347 g/mol. The number of carbonyl (C=O) groups excluding carboxylic acids is 3. The van der Waals surface area contributed by atoms with Gasteiger partial charge in [0.25, 0.3) is 5.91 Å². The molecule has 24 heavy (non-hydrogen) atoms. The summed E-state index contributed by atoms with van der Waals surface area (Å²) < 4.78 is 4.73. The molecule has 126 valence electrons. The number of hydrogen-bond acceptors (Lipinski definition) is 6. The van der Waals surface area contributed by atoms with E-state index < -0.39 is 23.0 Å². The van der Waals surface area contributed by atoms with Crippen molar-refractivity contribution in [2.45, 2.75) is 42.8 Å². The Labute approximate surface area is 143 Å². The van der Waals surface area contributed by atoms with Crippen molar-refractivity contribution in [3.05, 3.63) is 35.9 Å². The smallest absolute Gasteiger partial charge is 0.408 e. The standard InChI is InChI=1S/C16H17N3O4S/c1-16(2)14(17-9-20)19-12(21)11(13(19)24-16)18-15(22)23-8-10-6-4-3-5-7-10/h3-7,11,13-14H,8H2,1-2H3,(H,18,22)/t11?,13-,14?/m1/s1. The summed E-state index contributed by atoms with van der Waals surface area (Å²) >= 11 is 1.50. The number of fused-ring (bicyclic) bond motifs is 1. The van der Waals surface area contributed by atoms with Gasteiger partial charge in [0.1, 0.15) is 18.0 Å². The van der Waals surface area contributed by atoms with Crippen molar-refractivity contribution < 1.29 is 19.1 Å². The topological polar surface area (TPSA) is 88.1 Å². The van der Waals surface area contributed by atoms with Gasteiger partial charge in [0.2, 0.25) is 6.08 Å². The zero-order valence-corrected chi connectivity index (χ0v) is 14.1. The van der Waals surface area contributed by atoms with E-state index in [1.807, 2.05) is 44.2 Å². The summed E-state index contributed by atoms with van der Waals surface area (Å²) in [6.07, 6.45) is 0.320. The molecular weight excluding hydrogens is 330 g/mol. The molecule has 7 nitrogen and oxygen atoms in total. The highest BCUT2D eigenvalue weighted by atomic mass is 32.2. The van der Waals surface area contributed by atoms with Crippen LogP contribution in [0.4, 0.5) is 4.79 Å². The number of amides is 2. The first kappa shape index (κ1) is 16.5. The lowest BCUT2D eigenvalue weighted by Gasteiger charge is -2.42. The van der Waals surface area contributed by atoms with Crippen LogP contribution >= 0.6 is 11.8 Å². The Bertz CT molecular complexity index is 703. The van der Waals surface area contributed by atoms with Crippen LogP contribution in [-0.2, 0) is 20.9 Å². The maximum absolute atomic E-state index is 12.3. The molecular formula is C16H17N3O4S. The number of rotatable bonds is 4. The predicted molar refractivity (Wildman–Crippen MR) is 87.8 cm³/mol. The Morgan fingerprint density at radius 3 is 2.79 bits per heavy atom. The zero-order chi connectivity index (χ0) is 17.3. The monoisotopic (exact) mass is 347 g/mol. The minimum Gasteiger partial charge on any atom is -0.445 e. The number of β-lactam (4-membered cyclic amide) rings is 1. The molecule has 0 bridgehead atoms. The van der Waals surface area contributed by atoms with Crippen molar-refractivity contribution in [3.8, 4) is 0 Å². The Morgan fingerprint density at radius 1 is 1.42 bits per heavy atom. The van der Waals surface area contributed by atoms with Gasteiger partial charge in [-0.05, 0) is 19.4 Å². The first-order valence-corrected chi connectivity index (χ1v) is 8.36. The third kappa shape index (κ3) is 2.90. The summed E-state index contributed by atoms with van der Waals surface area (Å²) in [6, 6.07) is 8.62. The van der Waals surface area contributed by atoms with Gasteiger partial charge < -0.3 is 15.0 Å². The summed E-state index contributed by atoms with van der Waals surface area (Å²) in [7, 11) is 0. The number of alkyl carbamates (subject to hydrolysis) is 1. The van der Waals surface area contributed by atoms with Gasteiger partial charge in [-0.1, -0.05) is 30.3 Å². The van der Waals surface area contributed by atoms with Crippen LogP contribution in [0, 0.1) is 0 Å². The lowest BCUT2D eigenvalue weighted by atomic mass is 10.0. The predicted octanol–water partition coefficient (Wildman–Crippen LogP) is 1.64. The van der Waals surface area contributed by atoms with E-state index in [2.05, 4.69) is 10.3 Å². The molecule has 2 amide bonds. The van der Waals surface area contributed by atoms with Crippen LogP contribution in [0.25, 0.3) is 0 Å². The molecule has 2 heterocycles. The molecule has 2 unspecified atom stereocenters. The number of carbonyl (C=O) groups is 2. The fraction of sp³-hybridized carbons (Fsp3) is 0.438. The highest BCUT2D eigenvalue weighted by molar-refractivity contribution is 8.01. The van der Waals surface area contributed by atoms with Gasteiger partial charge >= 0.3 is 6.09 Å². The first-order chi connectivity index (χ1) is 11.4. The van der Waals surface area contributed by atoms with Crippen molar-refractivity contribution in [2.24, 2.45) is 4.99 Å². The van der Waals surface area contributed by atoms with E-state index in [0.29, 0.717) is 0 Å². The third-order valence-corrected chi connectivity index (χ3v) is 5.61. The fourth-order valence-electron chi connectivity index (χ4n) is 2.87. The molecule has 0 radical (unpaired) electrons. The molecule has 3 atom stereocenters. The second kappa shape index (κ2) is 6.30. The van der Waals surface area contributed by atoms with E-state index in [0.717, 1.165) is 5.56 Å². The molecule has 2 fully saturated rings. The third-order valence-electron chi connectivity index (χ3n) is 4.05. The molecule has 0 aliphatic carbocycles. The van der Waals surface area contributed by atoms with Crippen LogP contribution in [0.5, 0.6) is 0 Å². The normalized spacial score (nSPS) is 26.8. The molecule has 2 saturated heterocycles. The lowest BCUT2D eigenvalue weighted by molar-refractivity contribution is -0.148. The number of thioether (sulfide) groups is 1. The molecule has 3 rings (SSSR count). The van der Waals surface area contributed by atoms with Crippen molar-refractivity contribution in [2.75, 3.05) is 0 Å². The number of ether oxygens (including phenoxy) is 1. The molecule has 1 aromatic rings. The summed E-state index contributed by atoms with van der Waals surface area (Å²) in [5.41, 5.74) is 0.867. The number of hydrogen-bond donors (Lipinski definition) is 1. The Morgan fingerprint density at radius 2 is 2.12 bits per heavy atom. The van der Waals surface area contributed by atoms with Crippen LogP contribution in [-0.4, -0.2) is 45.3 Å². The summed E-state index contributed by atoms with van der Waals surface area (Å²) in [5.74, 6) is -0.265. The van der Waals surface area contributed by atoms with Crippen molar-refractivity contribution in [1.82, 2.24) is 10.2 Å². The van der Waals surface area contributed by atoms with Gasteiger partial charge in [-0.3, -0.25) is 4.79 Å². The van der Waals surface area contributed by atoms with Gasteiger partial charge in [-0.25, -0.2) is 9.59 Å². The molecule has 1 N–H and O–H groups in total. The van der Waals surface area contributed by atoms with E-state index in [9.17, 15) is 14.4 Å². The SMILES string of the molecule is CC1(C)S[C@@H]2C(NC(=O)OCc3ccccc3)C(=O)N2C1N=C=O. The van der Waals surface area contributed by atoms with Crippen LogP contribution in [0.3, 0.4) is 0 Å². The number of nitrogens with zero attached hydrogens (tertiary/aromatic N) is 2. The molecule has 2 aliphatic rings. The van der Waals surface area contributed by atoms with Gasteiger partial charge in [0.15, 0.2) is 6.17 Å². The van der Waals surface area contributed by atoms with Crippen molar-refractivity contribution >= 4 is 29.8 Å². The largest absolute Gasteiger partial charge is 0.445 e. The molecule has 0 spiro atoms. The van der Waals surface area contributed by atoms with E-state index in [-0.39, 0.29) is 17.9 Å². The second-order valence-electron chi connectivity index (χ2n) is 6.14. The van der Waals surface area contributed by atoms with Crippen LogP contribution < -0.4 is 5.32 Å². The van der Waals surface area contributed by atoms with Crippen molar-refractivity contribution in [3.63, 3.8) is 0 Å². The summed E-state index contributed by atoms with van der Waals surface area (Å²) in [4.78, 5) is 40.0. The summed E-state index contributed by atoms with van der Waals surface area (Å²) in [5, 5.41) is 2.34. The van der Waals surface area contributed by atoms with Crippen LogP contribution in [0.2, 0.25) is 0 Å². The first-order valence-electron chi connectivity index (χ1n) is 7.48. The second-order valence-corrected chi connectivity index (χ2v) is 7.91. The fourth-order valence-corrected chi connectivity index (χ4v) is 4.43. The van der Waals surface area contributed by atoms with Crippen molar-refractivity contribution in [1.29, 1.82) is 0 Å². The maximum atomic E-state index is 12.3. The number of isocyanates is 1. The van der Waals surface area contributed by atoms with Crippen LogP contribution in [0.15, 0.2) is 35.3 Å². The lowest BCUT2D eigenvalue weighted by Crippen LogP contribution is -2.69. The molecule has 0 saturated carbocycles. The van der Waals surface area contributed by atoms with E-state index in [1.54, 1.807) is 0 Å². The summed E-state index contributed by atoms with van der Waals surface area (Å²) in [6.45, 7) is 3.94. The van der Waals surface area contributed by atoms with Gasteiger partial charge in [-0.15, -0.1) is 11.8 Å². The van der Waals surface area contributed by atoms with E-state index in [4.69, 9.17) is 4.74 Å². The van der Waals surface area contributed by atoms with Gasteiger partial charge in [0, 0.05) is 0 Å². The number of aliphatic imine (C=N–C) groups is 1. The quantitative estimate of drug-likeness (QED) is 0.508. The molecule has 0 aromatic heterocycles.